The Hall–Kier alpha value is -3.73. The third kappa shape index (κ3) is 3.52. The van der Waals surface area contributed by atoms with Crippen LogP contribution in [0.25, 0.3) is 10.9 Å². The van der Waals surface area contributed by atoms with E-state index in [0.29, 0.717) is 6.04 Å². The van der Waals surface area contributed by atoms with Gasteiger partial charge in [-0.3, -0.25) is 4.79 Å². The minimum absolute atomic E-state index is 0.166. The number of carbonyl (C=O) groups excluding carboxylic acids is 1. The summed E-state index contributed by atoms with van der Waals surface area (Å²) in [5.41, 5.74) is 6.77. The summed E-state index contributed by atoms with van der Waals surface area (Å²) in [4.78, 5) is 18.3. The molecule has 1 N–H and O–H groups in total. The fraction of sp³-hybridized carbons (Fsp3) is 0.276. The lowest BCUT2D eigenvalue weighted by molar-refractivity contribution is 0.0714. The number of piperidine rings is 1. The number of benzene rings is 3. The maximum atomic E-state index is 13.8. The van der Waals surface area contributed by atoms with Crippen LogP contribution >= 0.6 is 0 Å². The highest BCUT2D eigenvalue weighted by Gasteiger charge is 2.32. The van der Waals surface area contributed by atoms with Gasteiger partial charge in [0, 0.05) is 42.3 Å². The average Bonchev–Trinajstić information content (AvgIpc) is 3.44. The molecule has 0 spiro atoms. The van der Waals surface area contributed by atoms with Gasteiger partial charge < -0.3 is 19.7 Å². The van der Waals surface area contributed by atoms with Crippen LogP contribution in [0.15, 0.2) is 78.9 Å². The molecule has 5 nitrogen and oxygen atoms in total. The van der Waals surface area contributed by atoms with Crippen molar-refractivity contribution in [1.82, 2.24) is 9.47 Å². The molecule has 3 aromatic carbocycles. The van der Waals surface area contributed by atoms with Crippen molar-refractivity contribution in [3.63, 3.8) is 0 Å². The molecule has 2 aliphatic heterocycles. The van der Waals surface area contributed by atoms with Crippen molar-refractivity contribution in [3.8, 4) is 0 Å². The molecule has 1 fully saturated rings. The van der Waals surface area contributed by atoms with Crippen molar-refractivity contribution >= 4 is 28.2 Å². The van der Waals surface area contributed by atoms with Gasteiger partial charge >= 0.3 is 0 Å². The molecular formula is C29H30N4O. The molecule has 0 unspecified atom stereocenters. The number of fused-ring (bicyclic) bond motifs is 2. The number of nitrogens with one attached hydrogen (secondary N) is 1. The first-order valence-corrected chi connectivity index (χ1v) is 12.2. The molecule has 0 radical (unpaired) electrons. The smallest absolute Gasteiger partial charge is 0.256 e. The Morgan fingerprint density at radius 2 is 1.62 bits per heavy atom. The van der Waals surface area contributed by atoms with Crippen LogP contribution in [0.2, 0.25) is 0 Å². The highest BCUT2D eigenvalue weighted by Crippen LogP contribution is 2.35. The first-order valence-electron chi connectivity index (χ1n) is 12.2. The second-order valence-corrected chi connectivity index (χ2v) is 9.39. The highest BCUT2D eigenvalue weighted by molar-refractivity contribution is 6.08. The first kappa shape index (κ1) is 20.8. The maximum absolute atomic E-state index is 13.8. The van der Waals surface area contributed by atoms with Gasteiger partial charge in [-0.1, -0.05) is 60.7 Å². The fourth-order valence-corrected chi connectivity index (χ4v) is 5.66. The standard InChI is InChI=1S/C29H30N4O/c1-21-28(24-11-5-7-13-26(24)32(21)19-22-9-3-2-4-10-22)29(34)31-17-15-23(16-18-31)33-20-30-25-12-6-8-14-27(25)33/h2-14,23,30H,15-20H2,1H3. The predicted octanol–water partition coefficient (Wildman–Crippen LogP) is 5.49. The summed E-state index contributed by atoms with van der Waals surface area (Å²) in [6.07, 6.45) is 1.98. The number of amides is 1. The molecule has 172 valence electrons. The number of para-hydroxylation sites is 3. The monoisotopic (exact) mass is 450 g/mol. The summed E-state index contributed by atoms with van der Waals surface area (Å²) in [5, 5.41) is 4.56. The molecule has 4 aromatic rings. The van der Waals surface area contributed by atoms with Crippen molar-refractivity contribution < 1.29 is 4.79 Å². The van der Waals surface area contributed by atoms with Crippen molar-refractivity contribution in [2.75, 3.05) is 30.0 Å². The SMILES string of the molecule is Cc1c(C(=O)N2CCC(N3CNc4ccccc43)CC2)c2ccccc2n1Cc1ccccc1. The lowest BCUT2D eigenvalue weighted by Gasteiger charge is -2.37. The summed E-state index contributed by atoms with van der Waals surface area (Å²) in [6, 6.07) is 27.8. The Balaban J connectivity index is 1.24. The number of hydrogen-bond donors (Lipinski definition) is 1. The molecule has 0 atom stereocenters. The third-order valence-electron chi connectivity index (χ3n) is 7.47. The molecule has 3 heterocycles. The van der Waals surface area contributed by atoms with Gasteiger partial charge in [-0.05, 0) is 43.5 Å². The molecule has 1 saturated heterocycles. The van der Waals surface area contributed by atoms with E-state index in [1.165, 1.54) is 16.9 Å². The maximum Gasteiger partial charge on any atom is 0.256 e. The Kier molecular flexibility index (Phi) is 5.25. The summed E-state index contributed by atoms with van der Waals surface area (Å²) in [5.74, 6) is 0.166. The highest BCUT2D eigenvalue weighted by atomic mass is 16.2. The van der Waals surface area contributed by atoms with Crippen molar-refractivity contribution in [1.29, 1.82) is 0 Å². The van der Waals surface area contributed by atoms with Gasteiger partial charge in [0.25, 0.3) is 5.91 Å². The van der Waals surface area contributed by atoms with Crippen molar-refractivity contribution in [3.05, 3.63) is 95.7 Å². The van der Waals surface area contributed by atoms with E-state index in [9.17, 15) is 4.79 Å². The van der Waals surface area contributed by atoms with Crippen LogP contribution in [0.4, 0.5) is 11.4 Å². The Morgan fingerprint density at radius 1 is 0.912 bits per heavy atom. The summed E-state index contributed by atoms with van der Waals surface area (Å²) in [6.45, 7) is 5.29. The van der Waals surface area contributed by atoms with E-state index in [-0.39, 0.29) is 5.91 Å². The minimum Gasteiger partial charge on any atom is -0.366 e. The van der Waals surface area contributed by atoms with E-state index < -0.39 is 0 Å². The molecular weight excluding hydrogens is 420 g/mol. The van der Waals surface area contributed by atoms with Crippen LogP contribution < -0.4 is 10.2 Å². The minimum atomic E-state index is 0.166. The van der Waals surface area contributed by atoms with E-state index in [0.717, 1.165) is 61.3 Å². The molecule has 6 rings (SSSR count). The van der Waals surface area contributed by atoms with Gasteiger partial charge in [0.1, 0.15) is 0 Å². The largest absolute Gasteiger partial charge is 0.366 e. The number of rotatable bonds is 4. The topological polar surface area (TPSA) is 40.5 Å². The van der Waals surface area contributed by atoms with Crippen LogP contribution in [0.1, 0.15) is 34.5 Å². The Labute approximate surface area is 200 Å². The number of nitrogens with zero attached hydrogens (tertiary/aromatic N) is 3. The van der Waals surface area contributed by atoms with Gasteiger partial charge in [-0.25, -0.2) is 0 Å². The second-order valence-electron chi connectivity index (χ2n) is 9.39. The van der Waals surface area contributed by atoms with Gasteiger partial charge in [0.15, 0.2) is 0 Å². The number of aromatic nitrogens is 1. The van der Waals surface area contributed by atoms with Crippen LogP contribution in [0.5, 0.6) is 0 Å². The van der Waals surface area contributed by atoms with Crippen molar-refractivity contribution in [2.45, 2.75) is 32.4 Å². The van der Waals surface area contributed by atoms with E-state index in [1.54, 1.807) is 0 Å². The van der Waals surface area contributed by atoms with Crippen LogP contribution in [0.3, 0.4) is 0 Å². The zero-order chi connectivity index (χ0) is 23.1. The summed E-state index contributed by atoms with van der Waals surface area (Å²) in [7, 11) is 0. The van der Waals surface area contributed by atoms with Gasteiger partial charge in [0.05, 0.1) is 23.6 Å². The lowest BCUT2D eigenvalue weighted by atomic mass is 10.0. The molecule has 1 amide bonds. The number of anilines is 2. The quantitative estimate of drug-likeness (QED) is 0.447. The van der Waals surface area contributed by atoms with E-state index in [4.69, 9.17) is 0 Å². The fourth-order valence-electron chi connectivity index (χ4n) is 5.66. The van der Waals surface area contributed by atoms with Crippen LogP contribution in [0, 0.1) is 6.92 Å². The second kappa shape index (κ2) is 8.56. The average molecular weight is 451 g/mol. The molecule has 2 aliphatic rings. The molecule has 34 heavy (non-hydrogen) atoms. The lowest BCUT2D eigenvalue weighted by Crippen LogP contribution is -2.47. The summed E-state index contributed by atoms with van der Waals surface area (Å²) >= 11 is 0. The molecule has 0 bridgehead atoms. The van der Waals surface area contributed by atoms with Gasteiger partial charge in [-0.2, -0.15) is 0 Å². The van der Waals surface area contributed by atoms with E-state index >= 15 is 0 Å². The third-order valence-corrected chi connectivity index (χ3v) is 7.47. The first-order chi connectivity index (χ1) is 16.7. The number of carbonyl (C=O) groups is 1. The molecule has 1 aromatic heterocycles. The Morgan fingerprint density at radius 3 is 2.44 bits per heavy atom. The Bertz CT molecular complexity index is 1340. The van der Waals surface area contributed by atoms with E-state index in [1.807, 2.05) is 12.1 Å². The van der Waals surface area contributed by atoms with E-state index in [2.05, 4.69) is 93.3 Å². The normalized spacial score (nSPS) is 16.0. The molecule has 0 saturated carbocycles. The van der Waals surface area contributed by atoms with Crippen LogP contribution in [-0.4, -0.2) is 41.2 Å². The van der Waals surface area contributed by atoms with Crippen molar-refractivity contribution in [2.24, 2.45) is 0 Å². The van der Waals surface area contributed by atoms with Crippen LogP contribution in [-0.2, 0) is 6.54 Å². The zero-order valence-electron chi connectivity index (χ0n) is 19.6. The predicted molar refractivity (Wildman–Crippen MR) is 139 cm³/mol. The zero-order valence-corrected chi connectivity index (χ0v) is 19.6. The molecule has 5 heteroatoms. The van der Waals surface area contributed by atoms with Gasteiger partial charge in [0.2, 0.25) is 0 Å². The number of hydrogen-bond acceptors (Lipinski definition) is 3. The summed E-state index contributed by atoms with van der Waals surface area (Å²) < 4.78 is 2.29. The molecule has 0 aliphatic carbocycles. The van der Waals surface area contributed by atoms with Gasteiger partial charge in [-0.15, -0.1) is 0 Å². The number of likely N-dealkylation sites (tertiary alicyclic amines) is 1.